The van der Waals surface area contributed by atoms with Crippen LogP contribution in [0.2, 0.25) is 0 Å². The lowest BCUT2D eigenvalue weighted by molar-refractivity contribution is 0.886. The average molecular weight is 168 g/mol. The van der Waals surface area contributed by atoms with E-state index in [0.29, 0.717) is 0 Å². The summed E-state index contributed by atoms with van der Waals surface area (Å²) in [5.74, 6) is 0. The van der Waals surface area contributed by atoms with E-state index in [2.05, 4.69) is 48.3 Å². The van der Waals surface area contributed by atoms with Crippen molar-refractivity contribution in [2.75, 3.05) is 0 Å². The van der Waals surface area contributed by atoms with Gasteiger partial charge in [-0.05, 0) is 34.0 Å². The predicted octanol–water partition coefficient (Wildman–Crippen LogP) is 2.45. The zero-order valence-electron chi connectivity index (χ0n) is 7.25. The molecule has 63 valence electrons. The fourth-order valence-electron chi connectivity index (χ4n) is 1.86. The van der Waals surface area contributed by atoms with Gasteiger partial charge in [-0.3, -0.25) is 0 Å². The third kappa shape index (κ3) is 1.04. The summed E-state index contributed by atoms with van der Waals surface area (Å²) in [4.78, 5) is 0. The molecular formula is C12H10N. The Bertz CT molecular complexity index is 417. The minimum Gasteiger partial charge on any atom is -0.304 e. The second-order valence-corrected chi connectivity index (χ2v) is 3.42. The SMILES string of the molecule is [CH]1NCc2cc3ccccc3cc21. The van der Waals surface area contributed by atoms with E-state index in [1.807, 2.05) is 0 Å². The first-order valence-corrected chi connectivity index (χ1v) is 4.52. The van der Waals surface area contributed by atoms with Crippen LogP contribution in [0.15, 0.2) is 36.4 Å². The van der Waals surface area contributed by atoms with Crippen molar-refractivity contribution >= 4 is 10.8 Å². The van der Waals surface area contributed by atoms with Crippen molar-refractivity contribution < 1.29 is 0 Å². The molecule has 0 saturated heterocycles. The van der Waals surface area contributed by atoms with Gasteiger partial charge in [-0.25, -0.2) is 0 Å². The molecule has 1 N–H and O–H groups in total. The molecule has 1 heteroatoms. The van der Waals surface area contributed by atoms with Crippen molar-refractivity contribution in [1.29, 1.82) is 0 Å². The lowest BCUT2D eigenvalue weighted by Gasteiger charge is -2.01. The molecule has 0 amide bonds. The van der Waals surface area contributed by atoms with Crippen LogP contribution in [0.4, 0.5) is 0 Å². The van der Waals surface area contributed by atoms with Gasteiger partial charge in [0.1, 0.15) is 0 Å². The minimum atomic E-state index is 0.972. The molecule has 0 aliphatic carbocycles. The maximum absolute atomic E-state index is 3.24. The summed E-state index contributed by atoms with van der Waals surface area (Å²) in [6.07, 6.45) is 0. The van der Waals surface area contributed by atoms with Gasteiger partial charge in [0.15, 0.2) is 0 Å². The summed E-state index contributed by atoms with van der Waals surface area (Å²) >= 11 is 0. The van der Waals surface area contributed by atoms with Crippen LogP contribution in [0.25, 0.3) is 10.8 Å². The normalized spacial score (nSPS) is 14.8. The molecule has 3 rings (SSSR count). The molecule has 0 fully saturated rings. The van der Waals surface area contributed by atoms with Gasteiger partial charge in [0, 0.05) is 6.54 Å². The van der Waals surface area contributed by atoms with Crippen molar-refractivity contribution in [3.8, 4) is 0 Å². The van der Waals surface area contributed by atoms with Gasteiger partial charge in [-0.2, -0.15) is 0 Å². The van der Waals surface area contributed by atoms with Gasteiger partial charge in [0.2, 0.25) is 0 Å². The van der Waals surface area contributed by atoms with E-state index in [9.17, 15) is 0 Å². The zero-order chi connectivity index (χ0) is 8.67. The van der Waals surface area contributed by atoms with Crippen LogP contribution in [-0.2, 0) is 6.54 Å². The van der Waals surface area contributed by atoms with Crippen LogP contribution in [0.1, 0.15) is 11.1 Å². The lowest BCUT2D eigenvalue weighted by Crippen LogP contribution is -1.97. The van der Waals surface area contributed by atoms with Gasteiger partial charge in [-0.15, -0.1) is 0 Å². The molecule has 0 bridgehead atoms. The molecule has 1 heterocycles. The summed E-state index contributed by atoms with van der Waals surface area (Å²) in [6, 6.07) is 13.0. The van der Waals surface area contributed by atoms with Gasteiger partial charge >= 0.3 is 0 Å². The number of nitrogens with one attached hydrogen (secondary N) is 1. The van der Waals surface area contributed by atoms with Crippen LogP contribution >= 0.6 is 0 Å². The molecule has 0 spiro atoms. The van der Waals surface area contributed by atoms with Gasteiger partial charge in [0.25, 0.3) is 0 Å². The Kier molecular flexibility index (Phi) is 1.41. The highest BCUT2D eigenvalue weighted by Gasteiger charge is 2.10. The van der Waals surface area contributed by atoms with E-state index in [4.69, 9.17) is 0 Å². The van der Waals surface area contributed by atoms with Crippen molar-refractivity contribution in [3.63, 3.8) is 0 Å². The van der Waals surface area contributed by atoms with E-state index in [1.54, 1.807) is 0 Å². The van der Waals surface area contributed by atoms with E-state index >= 15 is 0 Å². The largest absolute Gasteiger partial charge is 0.304 e. The van der Waals surface area contributed by atoms with Gasteiger partial charge < -0.3 is 5.32 Å². The molecule has 2 aromatic carbocycles. The highest BCUT2D eigenvalue weighted by molar-refractivity contribution is 5.84. The Morgan fingerprint density at radius 3 is 2.62 bits per heavy atom. The first-order valence-electron chi connectivity index (χ1n) is 4.52. The minimum absolute atomic E-state index is 0.972. The molecule has 2 aromatic rings. The molecule has 0 aromatic heterocycles. The molecule has 1 aliphatic heterocycles. The highest BCUT2D eigenvalue weighted by atomic mass is 14.9. The van der Waals surface area contributed by atoms with Crippen molar-refractivity contribution in [1.82, 2.24) is 5.32 Å². The van der Waals surface area contributed by atoms with E-state index in [0.717, 1.165) is 6.54 Å². The third-order valence-electron chi connectivity index (χ3n) is 2.56. The molecule has 1 radical (unpaired) electrons. The lowest BCUT2D eigenvalue weighted by atomic mass is 10.0. The van der Waals surface area contributed by atoms with Crippen molar-refractivity contribution in [2.24, 2.45) is 0 Å². The predicted molar refractivity (Wildman–Crippen MR) is 54.2 cm³/mol. The summed E-state index contributed by atoms with van der Waals surface area (Å²) in [7, 11) is 0. The van der Waals surface area contributed by atoms with E-state index < -0.39 is 0 Å². The second-order valence-electron chi connectivity index (χ2n) is 3.42. The molecule has 0 saturated carbocycles. The highest BCUT2D eigenvalue weighted by Crippen LogP contribution is 2.23. The molecular weight excluding hydrogens is 158 g/mol. The second kappa shape index (κ2) is 2.57. The number of benzene rings is 2. The van der Waals surface area contributed by atoms with Crippen LogP contribution in [0, 0.1) is 6.54 Å². The van der Waals surface area contributed by atoms with E-state index in [-0.39, 0.29) is 0 Å². The quantitative estimate of drug-likeness (QED) is 0.637. The third-order valence-corrected chi connectivity index (χ3v) is 2.56. The fourth-order valence-corrected chi connectivity index (χ4v) is 1.86. The maximum atomic E-state index is 3.24. The zero-order valence-corrected chi connectivity index (χ0v) is 7.25. The molecule has 0 atom stereocenters. The topological polar surface area (TPSA) is 12.0 Å². The van der Waals surface area contributed by atoms with Crippen LogP contribution in [0.3, 0.4) is 0 Å². The molecule has 13 heavy (non-hydrogen) atoms. The Balaban J connectivity index is 2.36. The van der Waals surface area contributed by atoms with Crippen LogP contribution < -0.4 is 5.32 Å². The van der Waals surface area contributed by atoms with Gasteiger partial charge in [-0.1, -0.05) is 24.3 Å². The van der Waals surface area contributed by atoms with Crippen molar-refractivity contribution in [3.05, 3.63) is 54.1 Å². The van der Waals surface area contributed by atoms with E-state index in [1.165, 1.54) is 21.9 Å². The van der Waals surface area contributed by atoms with Crippen LogP contribution in [0.5, 0.6) is 0 Å². The number of fused-ring (bicyclic) bond motifs is 2. The average Bonchev–Trinajstić information content (AvgIpc) is 2.61. The Labute approximate surface area is 77.4 Å². The number of hydrogen-bond acceptors (Lipinski definition) is 1. The summed E-state index contributed by atoms with van der Waals surface area (Å²) in [5.41, 5.74) is 2.73. The van der Waals surface area contributed by atoms with Crippen molar-refractivity contribution in [2.45, 2.75) is 6.54 Å². The standard InChI is InChI=1S/C12H10N/c1-2-4-10-6-12-8-13-7-11(12)5-9(10)3-1/h1-7,13H,8H2. The Morgan fingerprint density at radius 1 is 1.00 bits per heavy atom. The molecule has 1 aliphatic rings. The smallest absolute Gasteiger partial charge is 0.0524 e. The summed E-state index contributed by atoms with van der Waals surface area (Å²) < 4.78 is 0. The monoisotopic (exact) mass is 168 g/mol. The first kappa shape index (κ1) is 7.10. The fraction of sp³-hybridized carbons (Fsp3) is 0.0833. The van der Waals surface area contributed by atoms with Crippen LogP contribution in [-0.4, -0.2) is 0 Å². The number of rotatable bonds is 0. The molecule has 0 unspecified atom stereocenters. The first-order chi connectivity index (χ1) is 6.43. The maximum Gasteiger partial charge on any atom is 0.0524 e. The summed E-state index contributed by atoms with van der Waals surface area (Å²) in [6.45, 7) is 3.06. The Morgan fingerprint density at radius 2 is 1.77 bits per heavy atom. The van der Waals surface area contributed by atoms with Gasteiger partial charge in [0.05, 0.1) is 6.54 Å². The summed E-state index contributed by atoms with van der Waals surface area (Å²) in [5, 5.41) is 5.89. The Hall–Kier alpha value is -1.34. The number of hydrogen-bond donors (Lipinski definition) is 1. The molecule has 1 nitrogen and oxygen atoms in total.